The first-order valence-corrected chi connectivity index (χ1v) is 10.3. The highest BCUT2D eigenvalue weighted by atomic mass is 35.5. The van der Waals surface area contributed by atoms with Crippen LogP contribution in [0.5, 0.6) is 11.5 Å². The maximum absolute atomic E-state index is 12.6. The molecule has 0 aliphatic carbocycles. The number of carbonyl (C=O) groups is 1. The molecule has 0 atom stereocenters. The van der Waals surface area contributed by atoms with Gasteiger partial charge in [-0.1, -0.05) is 64.6 Å². The van der Waals surface area contributed by atoms with Crippen molar-refractivity contribution in [2.24, 2.45) is 0 Å². The molecular weight excluding hydrogens is 480 g/mol. The van der Waals surface area contributed by atoms with E-state index in [0.717, 1.165) is 0 Å². The first kappa shape index (κ1) is 23.0. The molecule has 0 aliphatic rings. The minimum atomic E-state index is -0.780. The average molecular weight is 493 g/mol. The Hall–Kier alpha value is -2.68. The number of halogens is 4. The second-order valence-electron chi connectivity index (χ2n) is 6.19. The van der Waals surface area contributed by atoms with Gasteiger partial charge in [-0.25, -0.2) is 4.79 Å². The highest BCUT2D eigenvalue weighted by molar-refractivity contribution is 6.46. The van der Waals surface area contributed by atoms with E-state index in [-0.39, 0.29) is 32.1 Å². The molecule has 0 saturated heterocycles. The summed E-state index contributed by atoms with van der Waals surface area (Å²) >= 11 is 24.1. The molecule has 0 fully saturated rings. The minimum Gasteiger partial charge on any atom is -0.493 e. The predicted molar refractivity (Wildman–Crippen MR) is 124 cm³/mol. The molecule has 0 amide bonds. The molecule has 0 aliphatic heterocycles. The van der Waals surface area contributed by atoms with Gasteiger partial charge in [0.05, 0.1) is 39.4 Å². The van der Waals surface area contributed by atoms with Crippen LogP contribution in [0, 0.1) is 11.3 Å². The number of allylic oxidation sites excluding steroid dienone is 1. The van der Waals surface area contributed by atoms with E-state index in [4.69, 9.17) is 55.9 Å². The van der Waals surface area contributed by atoms with Crippen LogP contribution >= 0.6 is 46.4 Å². The molecule has 4 nitrogen and oxygen atoms in total. The number of carbonyl (C=O) groups excluding carboxylic acids is 1. The Labute approximate surface area is 199 Å². The van der Waals surface area contributed by atoms with Gasteiger partial charge in [0.1, 0.15) is 0 Å². The van der Waals surface area contributed by atoms with Crippen molar-refractivity contribution in [3.05, 3.63) is 91.4 Å². The zero-order valence-corrected chi connectivity index (χ0v) is 19.0. The zero-order valence-electron chi connectivity index (χ0n) is 16.0. The number of methoxy groups -OCH3 is 1. The van der Waals surface area contributed by atoms with Crippen molar-refractivity contribution in [1.82, 2.24) is 0 Å². The van der Waals surface area contributed by atoms with Crippen molar-refractivity contribution >= 4 is 64.0 Å². The van der Waals surface area contributed by atoms with Gasteiger partial charge in [0.2, 0.25) is 0 Å². The monoisotopic (exact) mass is 491 g/mol. The molecule has 31 heavy (non-hydrogen) atoms. The zero-order chi connectivity index (χ0) is 22.5. The Bertz CT molecular complexity index is 1210. The lowest BCUT2D eigenvalue weighted by Gasteiger charge is -2.12. The summed E-state index contributed by atoms with van der Waals surface area (Å²) < 4.78 is 10.8. The van der Waals surface area contributed by atoms with Gasteiger partial charge >= 0.3 is 5.97 Å². The molecule has 0 N–H and O–H groups in total. The summed E-state index contributed by atoms with van der Waals surface area (Å²) in [6, 6.07) is 16.9. The van der Waals surface area contributed by atoms with E-state index in [9.17, 15) is 10.1 Å². The fraction of sp³-hybridized carbons (Fsp3) is 0.0435. The smallest absolute Gasteiger partial charge is 0.346 e. The molecule has 0 spiro atoms. The fourth-order valence-corrected chi connectivity index (χ4v) is 3.51. The van der Waals surface area contributed by atoms with E-state index < -0.39 is 5.97 Å². The van der Waals surface area contributed by atoms with Gasteiger partial charge in [-0.2, -0.15) is 5.26 Å². The Kier molecular flexibility index (Phi) is 7.48. The predicted octanol–water partition coefficient (Wildman–Crippen LogP) is 7.59. The van der Waals surface area contributed by atoms with Crippen LogP contribution in [0.3, 0.4) is 0 Å². The Morgan fingerprint density at radius 2 is 1.61 bits per heavy atom. The molecule has 0 radical (unpaired) electrons. The highest BCUT2D eigenvalue weighted by Gasteiger charge is 2.21. The molecule has 156 valence electrons. The van der Waals surface area contributed by atoms with Crippen LogP contribution in [-0.4, -0.2) is 13.1 Å². The van der Waals surface area contributed by atoms with Crippen LogP contribution in [0.1, 0.15) is 21.5 Å². The lowest BCUT2D eigenvalue weighted by atomic mass is 10.0. The molecule has 3 aromatic carbocycles. The standard InChI is InChI=1S/C23H13Cl4NO3/c1-30-20-11-13(10-15(12-28)14-3-5-16(24)6-4-14)2-9-19(20)31-23(29)21-17(25)7-8-18(26)22(21)27/h2-11H,1H3/b15-10-. The third-order valence-corrected chi connectivity index (χ3v) is 5.60. The summed E-state index contributed by atoms with van der Waals surface area (Å²) in [5.74, 6) is -0.343. The third kappa shape index (κ3) is 5.33. The van der Waals surface area contributed by atoms with Crippen LogP contribution in [0.2, 0.25) is 20.1 Å². The first-order chi connectivity index (χ1) is 14.8. The number of hydrogen-bond donors (Lipinski definition) is 0. The Morgan fingerprint density at radius 1 is 0.935 bits per heavy atom. The number of esters is 1. The lowest BCUT2D eigenvalue weighted by Crippen LogP contribution is -2.11. The molecule has 0 saturated carbocycles. The summed E-state index contributed by atoms with van der Waals surface area (Å²) in [4.78, 5) is 12.6. The van der Waals surface area contributed by atoms with Crippen molar-refractivity contribution in [2.45, 2.75) is 0 Å². The highest BCUT2D eigenvalue weighted by Crippen LogP contribution is 2.35. The number of ether oxygens (including phenoxy) is 2. The van der Waals surface area contributed by atoms with E-state index in [1.165, 1.54) is 19.2 Å². The number of nitrogens with zero attached hydrogens (tertiary/aromatic N) is 1. The van der Waals surface area contributed by atoms with Crippen molar-refractivity contribution in [1.29, 1.82) is 5.26 Å². The van der Waals surface area contributed by atoms with Crippen LogP contribution in [-0.2, 0) is 0 Å². The quantitative estimate of drug-likeness (QED) is 0.121. The number of nitriles is 1. The molecule has 0 unspecified atom stereocenters. The topological polar surface area (TPSA) is 59.3 Å². The van der Waals surface area contributed by atoms with Gasteiger partial charge in [0.15, 0.2) is 11.5 Å². The van der Waals surface area contributed by atoms with Crippen molar-refractivity contribution < 1.29 is 14.3 Å². The summed E-state index contributed by atoms with van der Waals surface area (Å²) in [6.45, 7) is 0. The molecule has 3 rings (SSSR count). The Morgan fingerprint density at radius 3 is 2.26 bits per heavy atom. The van der Waals surface area contributed by atoms with Gasteiger partial charge in [0.25, 0.3) is 0 Å². The lowest BCUT2D eigenvalue weighted by molar-refractivity contribution is 0.0730. The minimum absolute atomic E-state index is 0.000636. The van der Waals surface area contributed by atoms with E-state index in [1.54, 1.807) is 48.5 Å². The van der Waals surface area contributed by atoms with Crippen molar-refractivity contribution in [3.8, 4) is 17.6 Å². The van der Waals surface area contributed by atoms with Gasteiger partial charge in [-0.3, -0.25) is 0 Å². The summed E-state index contributed by atoms with van der Waals surface area (Å²) in [6.07, 6.45) is 1.68. The van der Waals surface area contributed by atoms with Gasteiger partial charge in [-0.05, 0) is 53.6 Å². The third-order valence-electron chi connectivity index (χ3n) is 4.23. The maximum Gasteiger partial charge on any atom is 0.346 e. The normalized spacial score (nSPS) is 11.0. The second kappa shape index (κ2) is 10.1. The first-order valence-electron chi connectivity index (χ1n) is 8.75. The van der Waals surface area contributed by atoms with Crippen molar-refractivity contribution in [2.75, 3.05) is 7.11 Å². The molecule has 0 aromatic heterocycles. The maximum atomic E-state index is 12.6. The molecule has 0 bridgehead atoms. The number of hydrogen-bond acceptors (Lipinski definition) is 4. The van der Waals surface area contributed by atoms with E-state index in [2.05, 4.69) is 6.07 Å². The van der Waals surface area contributed by atoms with E-state index in [1.807, 2.05) is 0 Å². The SMILES string of the molecule is COc1cc(/C=C(/C#N)c2ccc(Cl)cc2)ccc1OC(=O)c1c(Cl)ccc(Cl)c1Cl. The molecule has 3 aromatic rings. The van der Waals surface area contributed by atoms with E-state index >= 15 is 0 Å². The summed E-state index contributed by atoms with van der Waals surface area (Å²) in [5, 5.41) is 10.4. The van der Waals surface area contributed by atoms with Crippen LogP contribution in [0.15, 0.2) is 54.6 Å². The fourth-order valence-electron chi connectivity index (χ4n) is 2.70. The largest absolute Gasteiger partial charge is 0.493 e. The number of benzene rings is 3. The summed E-state index contributed by atoms with van der Waals surface area (Å²) in [5.41, 5.74) is 1.77. The molecule has 0 heterocycles. The van der Waals surface area contributed by atoms with E-state index in [0.29, 0.717) is 21.7 Å². The van der Waals surface area contributed by atoms with Gasteiger partial charge in [0, 0.05) is 5.02 Å². The second-order valence-corrected chi connectivity index (χ2v) is 7.82. The van der Waals surface area contributed by atoms with Gasteiger partial charge in [-0.15, -0.1) is 0 Å². The Balaban J connectivity index is 1.92. The van der Waals surface area contributed by atoms with Crippen LogP contribution in [0.4, 0.5) is 0 Å². The molecule has 8 heteroatoms. The molecular formula is C23H13Cl4NO3. The van der Waals surface area contributed by atoms with Crippen molar-refractivity contribution in [3.63, 3.8) is 0 Å². The summed E-state index contributed by atoms with van der Waals surface area (Å²) in [7, 11) is 1.43. The van der Waals surface area contributed by atoms with Crippen LogP contribution in [0.25, 0.3) is 11.6 Å². The number of rotatable bonds is 5. The van der Waals surface area contributed by atoms with Gasteiger partial charge < -0.3 is 9.47 Å². The average Bonchev–Trinajstić information content (AvgIpc) is 2.76. The van der Waals surface area contributed by atoms with Crippen LogP contribution < -0.4 is 9.47 Å².